The van der Waals surface area contributed by atoms with Gasteiger partial charge in [0.05, 0.1) is 22.5 Å². The highest BCUT2D eigenvalue weighted by Gasteiger charge is 2.36. The van der Waals surface area contributed by atoms with Crippen molar-refractivity contribution >= 4 is 39.4 Å². The molecule has 1 aromatic rings. The van der Waals surface area contributed by atoms with Gasteiger partial charge in [-0.2, -0.15) is 0 Å². The molecule has 0 radical (unpaired) electrons. The second-order valence-corrected chi connectivity index (χ2v) is 6.81. The third kappa shape index (κ3) is 4.20. The molecule has 1 aliphatic rings. The quantitative estimate of drug-likeness (QED) is 0.837. The standard InChI is InChI=1S/C15H17BrClNO3/c16-10-4-5-11(12(17)8-10)14(21)18-15(9-13(19)20)6-2-1-3-7-15/h4-5,8H,1-3,6-7,9H2,(H,18,21)(H,19,20). The Bertz CT molecular complexity index is 556. The van der Waals surface area contributed by atoms with Crippen LogP contribution in [0.3, 0.4) is 0 Å². The van der Waals surface area contributed by atoms with Gasteiger partial charge in [0.2, 0.25) is 0 Å². The van der Waals surface area contributed by atoms with Gasteiger partial charge in [-0.25, -0.2) is 0 Å². The number of rotatable bonds is 4. The molecule has 0 aliphatic heterocycles. The lowest BCUT2D eigenvalue weighted by molar-refractivity contribution is -0.139. The SMILES string of the molecule is O=C(O)CC1(NC(=O)c2ccc(Br)cc2Cl)CCCCC1. The van der Waals surface area contributed by atoms with Crippen LogP contribution in [-0.2, 0) is 4.79 Å². The fourth-order valence-corrected chi connectivity index (χ4v) is 3.61. The summed E-state index contributed by atoms with van der Waals surface area (Å²) in [7, 11) is 0. The van der Waals surface area contributed by atoms with Crippen LogP contribution in [0.5, 0.6) is 0 Å². The van der Waals surface area contributed by atoms with E-state index in [0.29, 0.717) is 23.4 Å². The molecule has 21 heavy (non-hydrogen) atoms. The molecular weight excluding hydrogens is 358 g/mol. The number of carbonyl (C=O) groups is 2. The summed E-state index contributed by atoms with van der Waals surface area (Å²) in [5.74, 6) is -1.20. The van der Waals surface area contributed by atoms with Crippen LogP contribution < -0.4 is 5.32 Å². The third-order valence-corrected chi connectivity index (χ3v) is 4.66. The lowest BCUT2D eigenvalue weighted by Gasteiger charge is -2.37. The smallest absolute Gasteiger partial charge is 0.305 e. The summed E-state index contributed by atoms with van der Waals surface area (Å²) in [5, 5.41) is 12.4. The van der Waals surface area contributed by atoms with E-state index >= 15 is 0 Å². The fraction of sp³-hybridized carbons (Fsp3) is 0.467. The molecule has 1 aliphatic carbocycles. The van der Waals surface area contributed by atoms with Crippen molar-refractivity contribution in [2.75, 3.05) is 0 Å². The Morgan fingerprint density at radius 2 is 1.95 bits per heavy atom. The molecule has 114 valence electrons. The molecule has 0 spiro atoms. The van der Waals surface area contributed by atoms with E-state index in [2.05, 4.69) is 21.2 Å². The van der Waals surface area contributed by atoms with E-state index in [9.17, 15) is 9.59 Å². The maximum absolute atomic E-state index is 12.4. The molecule has 0 atom stereocenters. The molecule has 4 nitrogen and oxygen atoms in total. The number of carbonyl (C=O) groups excluding carboxylic acids is 1. The largest absolute Gasteiger partial charge is 0.481 e. The highest BCUT2D eigenvalue weighted by Crippen LogP contribution is 2.32. The summed E-state index contributed by atoms with van der Waals surface area (Å²) in [6, 6.07) is 5.03. The second kappa shape index (κ2) is 6.79. The number of nitrogens with one attached hydrogen (secondary N) is 1. The topological polar surface area (TPSA) is 66.4 Å². The number of carboxylic acids is 1. The van der Waals surface area contributed by atoms with Crippen molar-refractivity contribution in [2.45, 2.75) is 44.1 Å². The Labute approximate surface area is 137 Å². The van der Waals surface area contributed by atoms with E-state index in [1.54, 1.807) is 18.2 Å². The number of hydrogen-bond donors (Lipinski definition) is 2. The normalized spacial score (nSPS) is 17.2. The average molecular weight is 375 g/mol. The summed E-state index contributed by atoms with van der Waals surface area (Å²) in [5.41, 5.74) is -0.285. The number of hydrogen-bond acceptors (Lipinski definition) is 2. The molecular formula is C15H17BrClNO3. The zero-order chi connectivity index (χ0) is 15.5. The highest BCUT2D eigenvalue weighted by molar-refractivity contribution is 9.10. The summed E-state index contributed by atoms with van der Waals surface area (Å²) in [4.78, 5) is 23.5. The Balaban J connectivity index is 2.19. The van der Waals surface area contributed by atoms with Gasteiger partial charge in [0.1, 0.15) is 0 Å². The molecule has 0 bridgehead atoms. The Morgan fingerprint density at radius 1 is 1.29 bits per heavy atom. The third-order valence-electron chi connectivity index (χ3n) is 3.85. The molecule has 1 amide bonds. The average Bonchev–Trinajstić information content (AvgIpc) is 2.38. The first-order valence-corrected chi connectivity index (χ1v) is 8.08. The molecule has 6 heteroatoms. The minimum Gasteiger partial charge on any atom is -0.481 e. The maximum Gasteiger partial charge on any atom is 0.305 e. The van der Waals surface area contributed by atoms with Crippen molar-refractivity contribution in [1.29, 1.82) is 0 Å². The van der Waals surface area contributed by atoms with Crippen LogP contribution in [0.2, 0.25) is 5.02 Å². The second-order valence-electron chi connectivity index (χ2n) is 5.49. The number of halogens is 2. The van der Waals surface area contributed by atoms with Crippen molar-refractivity contribution in [3.8, 4) is 0 Å². The van der Waals surface area contributed by atoms with Gasteiger partial charge in [0.25, 0.3) is 5.91 Å². The van der Waals surface area contributed by atoms with E-state index in [4.69, 9.17) is 16.7 Å². The predicted octanol–water partition coefficient (Wildman–Crippen LogP) is 4.01. The molecule has 0 unspecified atom stereocenters. The van der Waals surface area contributed by atoms with Gasteiger partial charge in [0.15, 0.2) is 0 Å². The maximum atomic E-state index is 12.4. The highest BCUT2D eigenvalue weighted by atomic mass is 79.9. The lowest BCUT2D eigenvalue weighted by atomic mass is 9.79. The van der Waals surface area contributed by atoms with Gasteiger partial charge in [0, 0.05) is 4.47 Å². The van der Waals surface area contributed by atoms with Gasteiger partial charge >= 0.3 is 5.97 Å². The van der Waals surface area contributed by atoms with Gasteiger partial charge < -0.3 is 10.4 Å². The number of carboxylic acid groups (broad SMARTS) is 1. The van der Waals surface area contributed by atoms with Crippen molar-refractivity contribution in [3.05, 3.63) is 33.3 Å². The molecule has 1 aromatic carbocycles. The molecule has 2 rings (SSSR count). The van der Waals surface area contributed by atoms with Crippen molar-refractivity contribution in [2.24, 2.45) is 0 Å². The Kier molecular flexibility index (Phi) is 5.27. The fourth-order valence-electron chi connectivity index (χ4n) is 2.85. The summed E-state index contributed by atoms with van der Waals surface area (Å²) < 4.78 is 0.793. The van der Waals surface area contributed by atoms with Crippen LogP contribution in [-0.4, -0.2) is 22.5 Å². The Hall–Kier alpha value is -1.07. The first kappa shape index (κ1) is 16.3. The molecule has 2 N–H and O–H groups in total. The number of amides is 1. The van der Waals surface area contributed by atoms with Crippen LogP contribution in [0, 0.1) is 0 Å². The predicted molar refractivity (Wildman–Crippen MR) is 84.7 cm³/mol. The monoisotopic (exact) mass is 373 g/mol. The minimum atomic E-state index is -0.890. The molecule has 1 saturated carbocycles. The van der Waals surface area contributed by atoms with Crippen LogP contribution in [0.1, 0.15) is 48.9 Å². The van der Waals surface area contributed by atoms with Gasteiger partial charge in [-0.1, -0.05) is 46.8 Å². The first-order chi connectivity index (χ1) is 9.92. The Morgan fingerprint density at radius 3 is 2.52 bits per heavy atom. The van der Waals surface area contributed by atoms with E-state index in [0.717, 1.165) is 23.7 Å². The molecule has 0 aromatic heterocycles. The number of benzene rings is 1. The molecule has 0 heterocycles. The van der Waals surface area contributed by atoms with Gasteiger partial charge in [-0.3, -0.25) is 9.59 Å². The molecule has 0 saturated heterocycles. The summed E-state index contributed by atoms with van der Waals surface area (Å²) in [6.45, 7) is 0. The summed E-state index contributed by atoms with van der Waals surface area (Å²) in [6.07, 6.45) is 4.28. The van der Waals surface area contributed by atoms with Crippen molar-refractivity contribution in [3.63, 3.8) is 0 Å². The van der Waals surface area contributed by atoms with Gasteiger partial charge in [-0.15, -0.1) is 0 Å². The van der Waals surface area contributed by atoms with E-state index in [-0.39, 0.29) is 12.3 Å². The van der Waals surface area contributed by atoms with E-state index in [1.807, 2.05) is 0 Å². The van der Waals surface area contributed by atoms with Crippen LogP contribution in [0.25, 0.3) is 0 Å². The van der Waals surface area contributed by atoms with Crippen molar-refractivity contribution < 1.29 is 14.7 Å². The first-order valence-electron chi connectivity index (χ1n) is 6.91. The van der Waals surface area contributed by atoms with Gasteiger partial charge in [-0.05, 0) is 31.0 Å². The number of aliphatic carboxylic acids is 1. The zero-order valence-corrected chi connectivity index (χ0v) is 13.8. The van der Waals surface area contributed by atoms with E-state index < -0.39 is 11.5 Å². The summed E-state index contributed by atoms with van der Waals surface area (Å²) >= 11 is 9.38. The van der Waals surface area contributed by atoms with Crippen LogP contribution in [0.4, 0.5) is 0 Å². The van der Waals surface area contributed by atoms with Crippen LogP contribution >= 0.6 is 27.5 Å². The molecule has 1 fully saturated rings. The zero-order valence-electron chi connectivity index (χ0n) is 11.5. The van der Waals surface area contributed by atoms with Crippen molar-refractivity contribution in [1.82, 2.24) is 5.32 Å². The van der Waals surface area contributed by atoms with E-state index in [1.165, 1.54) is 0 Å². The minimum absolute atomic E-state index is 0.0487. The van der Waals surface area contributed by atoms with Crippen LogP contribution in [0.15, 0.2) is 22.7 Å². The lowest BCUT2D eigenvalue weighted by Crippen LogP contribution is -2.51.